The van der Waals surface area contributed by atoms with Crippen LogP contribution in [0.2, 0.25) is 0 Å². The lowest BCUT2D eigenvalue weighted by atomic mass is 9.98. The van der Waals surface area contributed by atoms with Crippen molar-refractivity contribution in [3.05, 3.63) is 73.7 Å². The molecular weight excluding hydrogens is 368 g/mol. The number of hydrogen-bond donors (Lipinski definition) is 0. The third kappa shape index (κ3) is 2.89. The molecular formula is C19H16N2OS3. The van der Waals surface area contributed by atoms with Crippen molar-refractivity contribution in [2.24, 2.45) is 0 Å². The Balaban J connectivity index is 1.45. The molecule has 0 unspecified atom stereocenters. The van der Waals surface area contributed by atoms with Gasteiger partial charge in [0.2, 0.25) is 5.89 Å². The molecule has 5 heterocycles. The third-order valence-corrected chi connectivity index (χ3v) is 7.31. The SMILES string of the molecule is c1csc(-c2nc(CN3CCc4sccc4[C@H]3c3cccs3)co2)c1. The molecule has 4 aromatic rings. The molecule has 0 saturated heterocycles. The van der Waals surface area contributed by atoms with Crippen molar-refractivity contribution < 1.29 is 4.42 Å². The van der Waals surface area contributed by atoms with Gasteiger partial charge in [0.1, 0.15) is 6.26 Å². The molecule has 4 aromatic heterocycles. The number of nitrogens with zero attached hydrogens (tertiary/aromatic N) is 2. The second-order valence-electron chi connectivity index (χ2n) is 6.06. The summed E-state index contributed by atoms with van der Waals surface area (Å²) in [7, 11) is 0. The van der Waals surface area contributed by atoms with E-state index in [1.165, 1.54) is 15.3 Å². The Bertz CT molecular complexity index is 953. The summed E-state index contributed by atoms with van der Waals surface area (Å²) in [5.41, 5.74) is 2.46. The minimum absolute atomic E-state index is 0.330. The molecule has 5 rings (SSSR count). The van der Waals surface area contributed by atoms with Gasteiger partial charge in [0.15, 0.2) is 0 Å². The maximum atomic E-state index is 5.71. The van der Waals surface area contributed by atoms with Gasteiger partial charge in [-0.2, -0.15) is 0 Å². The molecule has 0 fully saturated rings. The van der Waals surface area contributed by atoms with E-state index in [1.807, 2.05) is 41.1 Å². The van der Waals surface area contributed by atoms with Crippen LogP contribution in [0.25, 0.3) is 10.8 Å². The highest BCUT2D eigenvalue weighted by Gasteiger charge is 2.30. The van der Waals surface area contributed by atoms with Gasteiger partial charge in [-0.15, -0.1) is 34.0 Å². The number of fused-ring (bicyclic) bond motifs is 1. The summed E-state index contributed by atoms with van der Waals surface area (Å²) in [6.45, 7) is 1.87. The zero-order chi connectivity index (χ0) is 16.6. The monoisotopic (exact) mass is 384 g/mol. The molecule has 1 aliphatic rings. The van der Waals surface area contributed by atoms with Crippen LogP contribution in [0.1, 0.15) is 27.1 Å². The second-order valence-corrected chi connectivity index (χ2v) is 8.99. The van der Waals surface area contributed by atoms with Crippen molar-refractivity contribution in [2.45, 2.75) is 19.0 Å². The van der Waals surface area contributed by atoms with E-state index in [4.69, 9.17) is 9.40 Å². The van der Waals surface area contributed by atoms with Crippen molar-refractivity contribution in [2.75, 3.05) is 6.54 Å². The van der Waals surface area contributed by atoms with E-state index in [-0.39, 0.29) is 0 Å². The van der Waals surface area contributed by atoms with Crippen molar-refractivity contribution in [3.8, 4) is 10.8 Å². The smallest absolute Gasteiger partial charge is 0.236 e. The molecule has 6 heteroatoms. The average molecular weight is 385 g/mol. The third-order valence-electron chi connectivity index (χ3n) is 4.53. The lowest BCUT2D eigenvalue weighted by Crippen LogP contribution is -2.34. The molecule has 0 aromatic carbocycles. The predicted octanol–water partition coefficient (Wildman–Crippen LogP) is 5.67. The summed E-state index contributed by atoms with van der Waals surface area (Å²) in [6, 6.07) is 11.1. The van der Waals surface area contributed by atoms with E-state index in [0.29, 0.717) is 6.04 Å². The van der Waals surface area contributed by atoms with E-state index >= 15 is 0 Å². The molecule has 126 valence electrons. The van der Waals surface area contributed by atoms with Crippen LogP contribution < -0.4 is 0 Å². The Hall–Kier alpha value is -1.73. The van der Waals surface area contributed by atoms with E-state index in [1.54, 1.807) is 11.3 Å². The average Bonchev–Trinajstić information content (AvgIpc) is 3.39. The normalized spacial score (nSPS) is 17.7. The number of aromatic nitrogens is 1. The highest BCUT2D eigenvalue weighted by molar-refractivity contribution is 7.13. The van der Waals surface area contributed by atoms with Crippen molar-refractivity contribution in [3.63, 3.8) is 0 Å². The molecule has 0 amide bonds. The quantitative estimate of drug-likeness (QED) is 0.454. The number of rotatable bonds is 4. The number of oxazole rings is 1. The van der Waals surface area contributed by atoms with E-state index in [0.717, 1.165) is 36.0 Å². The molecule has 0 radical (unpaired) electrons. The lowest BCUT2D eigenvalue weighted by Gasteiger charge is -2.34. The first kappa shape index (κ1) is 15.5. The van der Waals surface area contributed by atoms with E-state index in [2.05, 4.69) is 39.2 Å². The van der Waals surface area contributed by atoms with Gasteiger partial charge in [-0.05, 0) is 46.3 Å². The molecule has 25 heavy (non-hydrogen) atoms. The van der Waals surface area contributed by atoms with Crippen LogP contribution in [0.3, 0.4) is 0 Å². The second kappa shape index (κ2) is 6.53. The van der Waals surface area contributed by atoms with Crippen LogP contribution in [-0.4, -0.2) is 16.4 Å². The van der Waals surface area contributed by atoms with Gasteiger partial charge in [0.25, 0.3) is 0 Å². The minimum atomic E-state index is 0.330. The zero-order valence-electron chi connectivity index (χ0n) is 13.4. The molecule has 0 aliphatic carbocycles. The molecule has 0 bridgehead atoms. The van der Waals surface area contributed by atoms with E-state index in [9.17, 15) is 0 Å². The maximum absolute atomic E-state index is 5.71. The fourth-order valence-electron chi connectivity index (χ4n) is 3.42. The predicted molar refractivity (Wildman–Crippen MR) is 104 cm³/mol. The first-order valence-electron chi connectivity index (χ1n) is 8.20. The van der Waals surface area contributed by atoms with Gasteiger partial charge < -0.3 is 4.42 Å². The van der Waals surface area contributed by atoms with Crippen molar-refractivity contribution in [1.29, 1.82) is 0 Å². The summed E-state index contributed by atoms with van der Waals surface area (Å²) in [4.78, 5) is 11.2. The van der Waals surface area contributed by atoms with Crippen molar-refractivity contribution >= 4 is 34.0 Å². The minimum Gasteiger partial charge on any atom is -0.444 e. The number of hydrogen-bond acceptors (Lipinski definition) is 6. The van der Waals surface area contributed by atoms with Gasteiger partial charge in [0.05, 0.1) is 16.6 Å². The Morgan fingerprint density at radius 2 is 2.00 bits per heavy atom. The molecule has 3 nitrogen and oxygen atoms in total. The summed E-state index contributed by atoms with van der Waals surface area (Å²) in [6.07, 6.45) is 2.92. The van der Waals surface area contributed by atoms with Crippen LogP contribution >= 0.6 is 34.0 Å². The van der Waals surface area contributed by atoms with Gasteiger partial charge in [-0.1, -0.05) is 12.1 Å². The van der Waals surface area contributed by atoms with Crippen LogP contribution in [-0.2, 0) is 13.0 Å². The van der Waals surface area contributed by atoms with Crippen LogP contribution in [0.5, 0.6) is 0 Å². The highest BCUT2D eigenvalue weighted by atomic mass is 32.1. The largest absolute Gasteiger partial charge is 0.444 e. The van der Waals surface area contributed by atoms with Gasteiger partial charge in [0, 0.05) is 22.8 Å². The van der Waals surface area contributed by atoms with E-state index < -0.39 is 0 Å². The Kier molecular flexibility index (Phi) is 4.06. The van der Waals surface area contributed by atoms with Crippen LogP contribution in [0, 0.1) is 0 Å². The maximum Gasteiger partial charge on any atom is 0.236 e. The Labute approximate surface area is 158 Å². The summed E-state index contributed by atoms with van der Waals surface area (Å²) in [5, 5.41) is 6.44. The van der Waals surface area contributed by atoms with Crippen LogP contribution in [0.4, 0.5) is 0 Å². The molecule has 1 aliphatic heterocycles. The summed E-state index contributed by atoms with van der Waals surface area (Å²) >= 11 is 5.38. The lowest BCUT2D eigenvalue weighted by molar-refractivity contribution is 0.206. The Morgan fingerprint density at radius 3 is 2.84 bits per heavy atom. The summed E-state index contributed by atoms with van der Waals surface area (Å²) in [5.74, 6) is 0.728. The van der Waals surface area contributed by atoms with Gasteiger partial charge in [-0.3, -0.25) is 4.90 Å². The van der Waals surface area contributed by atoms with Gasteiger partial charge >= 0.3 is 0 Å². The molecule has 0 N–H and O–H groups in total. The molecule has 0 saturated carbocycles. The topological polar surface area (TPSA) is 29.3 Å². The fraction of sp³-hybridized carbons (Fsp3) is 0.211. The highest BCUT2D eigenvalue weighted by Crippen LogP contribution is 2.40. The van der Waals surface area contributed by atoms with Gasteiger partial charge in [-0.25, -0.2) is 4.98 Å². The van der Waals surface area contributed by atoms with Crippen LogP contribution in [0.15, 0.2) is 57.2 Å². The molecule has 1 atom stereocenters. The molecule has 0 spiro atoms. The fourth-order valence-corrected chi connectivity index (χ4v) is 5.86. The van der Waals surface area contributed by atoms with Crippen molar-refractivity contribution in [1.82, 2.24) is 9.88 Å². The summed E-state index contributed by atoms with van der Waals surface area (Å²) < 4.78 is 5.71. The number of thiophene rings is 3. The zero-order valence-corrected chi connectivity index (χ0v) is 15.9. The standard InChI is InChI=1S/C19H16N2OS3/c1-3-16(23-8-1)18-14-6-10-25-15(14)5-7-21(18)11-13-12-22-19(20-13)17-4-2-9-24-17/h1-4,6,8-10,12,18H,5,7,11H2/t18-/m0/s1. The first-order chi connectivity index (χ1) is 12.4. The first-order valence-corrected chi connectivity index (χ1v) is 10.8. The Morgan fingerprint density at radius 1 is 1.08 bits per heavy atom.